The van der Waals surface area contributed by atoms with Crippen molar-refractivity contribution in [2.45, 2.75) is 27.7 Å². The van der Waals surface area contributed by atoms with Gasteiger partial charge in [-0.05, 0) is 50.6 Å². The minimum Gasteiger partial charge on any atom is -0.497 e. The molecule has 2 rings (SSSR count). The first-order valence-corrected chi connectivity index (χ1v) is 9.36. The molecule has 0 saturated heterocycles. The van der Waals surface area contributed by atoms with Gasteiger partial charge in [0.25, 0.3) is 0 Å². The second-order valence-corrected chi connectivity index (χ2v) is 6.91. The Morgan fingerprint density at radius 2 is 1.57 bits per heavy atom. The second-order valence-electron chi connectivity index (χ2n) is 6.91. The number of anilines is 2. The number of nitrogens with one attached hydrogen (secondary N) is 2. The minimum atomic E-state index is -0.175. The van der Waals surface area contributed by atoms with E-state index in [0.717, 1.165) is 22.4 Å². The number of amides is 2. The minimum absolute atomic E-state index is 0.132. The Balaban J connectivity index is 1.94. The van der Waals surface area contributed by atoms with Crippen LogP contribution in [0.3, 0.4) is 0 Å². The third-order valence-corrected chi connectivity index (χ3v) is 4.48. The summed E-state index contributed by atoms with van der Waals surface area (Å²) < 4.78 is 5.16. The Kier molecular flexibility index (Phi) is 7.58. The summed E-state index contributed by atoms with van der Waals surface area (Å²) in [4.78, 5) is 26.6. The number of ether oxygens (including phenoxy) is 1. The summed E-state index contributed by atoms with van der Waals surface area (Å²) in [6.07, 6.45) is 0. The molecule has 2 aromatic rings. The van der Waals surface area contributed by atoms with E-state index in [1.165, 1.54) is 0 Å². The Morgan fingerprint density at radius 1 is 0.964 bits per heavy atom. The first-order chi connectivity index (χ1) is 13.3. The highest BCUT2D eigenvalue weighted by Crippen LogP contribution is 2.22. The normalized spacial score (nSPS) is 10.6. The third-order valence-electron chi connectivity index (χ3n) is 4.48. The Bertz CT molecular complexity index is 826. The van der Waals surface area contributed by atoms with Crippen LogP contribution < -0.4 is 15.4 Å². The molecule has 0 radical (unpaired) electrons. The Hall–Kier alpha value is -2.86. The van der Waals surface area contributed by atoms with E-state index < -0.39 is 0 Å². The SMILES string of the molecule is CCN(CC(=O)Nc1cccc(OC)c1)CC(=O)Nc1c(C)cc(C)cc1C. The number of carbonyl (C=O) groups excluding carboxylic acids is 2. The van der Waals surface area contributed by atoms with Gasteiger partial charge in [0.2, 0.25) is 11.8 Å². The largest absolute Gasteiger partial charge is 0.497 e. The van der Waals surface area contributed by atoms with Gasteiger partial charge in [0.1, 0.15) is 5.75 Å². The average Bonchev–Trinajstić information content (AvgIpc) is 2.64. The van der Waals surface area contributed by atoms with E-state index in [2.05, 4.69) is 10.6 Å². The quantitative estimate of drug-likeness (QED) is 0.732. The second kappa shape index (κ2) is 9.90. The molecule has 0 aromatic heterocycles. The molecule has 0 bridgehead atoms. The average molecular weight is 383 g/mol. The maximum atomic E-state index is 12.5. The van der Waals surface area contributed by atoms with Gasteiger partial charge < -0.3 is 15.4 Å². The number of nitrogens with zero attached hydrogens (tertiary/aromatic N) is 1. The zero-order valence-corrected chi connectivity index (χ0v) is 17.3. The summed E-state index contributed by atoms with van der Waals surface area (Å²) >= 11 is 0. The van der Waals surface area contributed by atoms with Crippen LogP contribution in [0.4, 0.5) is 11.4 Å². The lowest BCUT2D eigenvalue weighted by Crippen LogP contribution is -2.38. The van der Waals surface area contributed by atoms with Crippen molar-refractivity contribution >= 4 is 23.2 Å². The van der Waals surface area contributed by atoms with Crippen molar-refractivity contribution in [2.75, 3.05) is 37.4 Å². The van der Waals surface area contributed by atoms with Crippen molar-refractivity contribution < 1.29 is 14.3 Å². The predicted octanol–water partition coefficient (Wildman–Crippen LogP) is 3.52. The molecule has 0 heterocycles. The lowest BCUT2D eigenvalue weighted by Gasteiger charge is -2.20. The van der Waals surface area contributed by atoms with E-state index in [-0.39, 0.29) is 24.9 Å². The van der Waals surface area contributed by atoms with Gasteiger partial charge in [-0.15, -0.1) is 0 Å². The van der Waals surface area contributed by atoms with Crippen molar-refractivity contribution in [3.8, 4) is 5.75 Å². The summed E-state index contributed by atoms with van der Waals surface area (Å²) in [6.45, 7) is 8.79. The molecule has 0 fully saturated rings. The molecular formula is C22H29N3O3. The van der Waals surface area contributed by atoms with Gasteiger partial charge in [-0.1, -0.05) is 30.7 Å². The fourth-order valence-corrected chi connectivity index (χ4v) is 3.14. The van der Waals surface area contributed by atoms with E-state index in [1.807, 2.05) is 52.0 Å². The number of hydrogen-bond acceptors (Lipinski definition) is 4. The molecule has 0 saturated carbocycles. The lowest BCUT2D eigenvalue weighted by atomic mass is 10.1. The van der Waals surface area contributed by atoms with Gasteiger partial charge in [-0.2, -0.15) is 0 Å². The number of aryl methyl sites for hydroxylation is 3. The van der Waals surface area contributed by atoms with Crippen molar-refractivity contribution in [1.82, 2.24) is 4.90 Å². The maximum absolute atomic E-state index is 12.5. The van der Waals surface area contributed by atoms with Gasteiger partial charge >= 0.3 is 0 Å². The number of rotatable bonds is 8. The predicted molar refractivity (Wildman–Crippen MR) is 113 cm³/mol. The first-order valence-electron chi connectivity index (χ1n) is 9.36. The number of methoxy groups -OCH3 is 1. The van der Waals surface area contributed by atoms with Crippen LogP contribution in [0.15, 0.2) is 36.4 Å². The first kappa shape index (κ1) is 21.4. The van der Waals surface area contributed by atoms with Crippen molar-refractivity contribution in [1.29, 1.82) is 0 Å². The van der Waals surface area contributed by atoms with Crippen molar-refractivity contribution in [3.63, 3.8) is 0 Å². The number of likely N-dealkylation sites (N-methyl/N-ethyl adjacent to an activating group) is 1. The van der Waals surface area contributed by atoms with Crippen molar-refractivity contribution in [2.24, 2.45) is 0 Å². The van der Waals surface area contributed by atoms with Crippen LogP contribution in [-0.4, -0.2) is 43.5 Å². The number of carbonyl (C=O) groups is 2. The van der Waals surface area contributed by atoms with Crippen LogP contribution in [0.5, 0.6) is 5.75 Å². The summed E-state index contributed by atoms with van der Waals surface area (Å²) in [7, 11) is 1.58. The molecule has 6 heteroatoms. The van der Waals surface area contributed by atoms with Gasteiger partial charge in [-0.25, -0.2) is 0 Å². The monoisotopic (exact) mass is 383 g/mol. The Morgan fingerprint density at radius 3 is 2.14 bits per heavy atom. The molecule has 2 aromatic carbocycles. The molecule has 150 valence electrons. The fraction of sp³-hybridized carbons (Fsp3) is 0.364. The summed E-state index contributed by atoms with van der Waals surface area (Å²) in [5.74, 6) is 0.366. The smallest absolute Gasteiger partial charge is 0.238 e. The Labute approximate surface area is 166 Å². The molecule has 28 heavy (non-hydrogen) atoms. The fourth-order valence-electron chi connectivity index (χ4n) is 3.14. The van der Waals surface area contributed by atoms with Crippen LogP contribution in [-0.2, 0) is 9.59 Å². The van der Waals surface area contributed by atoms with Crippen LogP contribution in [0.2, 0.25) is 0 Å². The molecule has 0 atom stereocenters. The van der Waals surface area contributed by atoms with E-state index in [9.17, 15) is 9.59 Å². The standard InChI is InChI=1S/C22H29N3O3/c1-6-25(13-20(26)23-18-8-7-9-19(12-18)28-5)14-21(27)24-22-16(3)10-15(2)11-17(22)4/h7-12H,6,13-14H2,1-5H3,(H,23,26)(H,24,27). The molecule has 0 aliphatic carbocycles. The molecule has 0 aliphatic heterocycles. The molecule has 0 aliphatic rings. The van der Waals surface area contributed by atoms with Gasteiger partial charge in [-0.3, -0.25) is 14.5 Å². The molecule has 0 unspecified atom stereocenters. The topological polar surface area (TPSA) is 70.7 Å². The van der Waals surface area contributed by atoms with E-state index in [0.29, 0.717) is 18.0 Å². The lowest BCUT2D eigenvalue weighted by molar-refractivity contribution is -0.119. The highest BCUT2D eigenvalue weighted by molar-refractivity contribution is 5.95. The van der Waals surface area contributed by atoms with E-state index in [1.54, 1.807) is 24.1 Å². The summed E-state index contributed by atoms with van der Waals surface area (Å²) in [5, 5.41) is 5.82. The van der Waals surface area contributed by atoms with Crippen LogP contribution in [0, 0.1) is 20.8 Å². The molecule has 6 nitrogen and oxygen atoms in total. The zero-order chi connectivity index (χ0) is 20.7. The third kappa shape index (κ3) is 6.09. The van der Waals surface area contributed by atoms with E-state index >= 15 is 0 Å². The number of hydrogen-bond donors (Lipinski definition) is 2. The summed E-state index contributed by atoms with van der Waals surface area (Å²) in [5.41, 5.74) is 4.73. The van der Waals surface area contributed by atoms with Crippen LogP contribution in [0.25, 0.3) is 0 Å². The molecular weight excluding hydrogens is 354 g/mol. The number of benzene rings is 2. The van der Waals surface area contributed by atoms with Gasteiger partial charge in [0.05, 0.1) is 20.2 Å². The summed E-state index contributed by atoms with van der Waals surface area (Å²) in [6, 6.07) is 11.3. The highest BCUT2D eigenvalue weighted by Gasteiger charge is 2.15. The van der Waals surface area contributed by atoms with Crippen LogP contribution in [0.1, 0.15) is 23.6 Å². The van der Waals surface area contributed by atoms with Crippen molar-refractivity contribution in [3.05, 3.63) is 53.1 Å². The van der Waals surface area contributed by atoms with Gasteiger partial charge in [0.15, 0.2) is 0 Å². The highest BCUT2D eigenvalue weighted by atomic mass is 16.5. The van der Waals surface area contributed by atoms with E-state index in [4.69, 9.17) is 4.74 Å². The molecule has 2 amide bonds. The van der Waals surface area contributed by atoms with Gasteiger partial charge in [0, 0.05) is 17.4 Å². The molecule has 2 N–H and O–H groups in total. The maximum Gasteiger partial charge on any atom is 0.238 e. The zero-order valence-electron chi connectivity index (χ0n) is 17.3. The molecule has 0 spiro atoms. The van der Waals surface area contributed by atoms with Crippen LogP contribution >= 0.6 is 0 Å².